The van der Waals surface area contributed by atoms with Crippen molar-refractivity contribution in [2.45, 2.75) is 38.6 Å². The summed E-state index contributed by atoms with van der Waals surface area (Å²) < 4.78 is 0. The van der Waals surface area contributed by atoms with Gasteiger partial charge in [0.1, 0.15) is 5.54 Å². The lowest BCUT2D eigenvalue weighted by Crippen LogP contribution is -2.47. The zero-order valence-corrected chi connectivity index (χ0v) is 13.7. The molecule has 0 aliphatic rings. The number of carbonyl (C=O) groups excluding carboxylic acids is 1. The second-order valence-electron chi connectivity index (χ2n) is 5.69. The number of nitrogens with zero attached hydrogens (tertiary/aromatic N) is 1. The number of rotatable bonds is 6. The Bertz CT molecular complexity index is 680. The molecule has 0 radical (unpaired) electrons. The van der Waals surface area contributed by atoms with Gasteiger partial charge in [-0.25, -0.2) is 0 Å². The summed E-state index contributed by atoms with van der Waals surface area (Å²) in [6, 6.07) is 20.3. The maximum Gasteiger partial charge on any atom is 0.225 e. The Balaban J connectivity index is 2.04. The highest BCUT2D eigenvalue weighted by Crippen LogP contribution is 2.20. The molecule has 0 saturated carbocycles. The smallest absolute Gasteiger partial charge is 0.225 e. The Labute approximate surface area is 138 Å². The molecule has 0 spiro atoms. The van der Waals surface area contributed by atoms with Crippen LogP contribution in [0.1, 0.15) is 32.3 Å². The van der Waals surface area contributed by atoms with Gasteiger partial charge in [0.25, 0.3) is 0 Å². The average molecular weight is 306 g/mol. The van der Waals surface area contributed by atoms with E-state index in [4.69, 9.17) is 0 Å². The predicted octanol–water partition coefficient (Wildman–Crippen LogP) is 4.09. The lowest BCUT2D eigenvalue weighted by atomic mass is 9.94. The predicted molar refractivity (Wildman–Crippen MR) is 92.7 cm³/mol. The molecule has 2 aromatic rings. The summed E-state index contributed by atoms with van der Waals surface area (Å²) in [5.74, 6) is -0.109. The van der Waals surface area contributed by atoms with Crippen molar-refractivity contribution in [3.8, 4) is 17.2 Å². The van der Waals surface area contributed by atoms with Gasteiger partial charge in [-0.2, -0.15) is 5.26 Å². The van der Waals surface area contributed by atoms with Gasteiger partial charge in [0.05, 0.1) is 12.5 Å². The molecule has 23 heavy (non-hydrogen) atoms. The molecule has 2 aromatic carbocycles. The molecule has 0 aliphatic heterocycles. The van der Waals surface area contributed by atoms with E-state index in [1.807, 2.05) is 56.3 Å². The molecule has 0 unspecified atom stereocenters. The SMILES string of the molecule is CCC(C#N)(CC)NC(=O)Cc1ccc(-c2ccccc2)cc1. The van der Waals surface area contributed by atoms with Gasteiger partial charge in [-0.05, 0) is 29.5 Å². The minimum atomic E-state index is -0.749. The van der Waals surface area contributed by atoms with Crippen molar-refractivity contribution in [3.63, 3.8) is 0 Å². The Hall–Kier alpha value is -2.60. The van der Waals surface area contributed by atoms with E-state index in [0.717, 1.165) is 16.7 Å². The van der Waals surface area contributed by atoms with E-state index in [2.05, 4.69) is 23.5 Å². The highest BCUT2D eigenvalue weighted by molar-refractivity contribution is 5.80. The third kappa shape index (κ3) is 4.20. The molecule has 0 fully saturated rings. The van der Waals surface area contributed by atoms with Crippen LogP contribution in [-0.2, 0) is 11.2 Å². The van der Waals surface area contributed by atoms with Gasteiger partial charge < -0.3 is 5.32 Å². The fourth-order valence-corrected chi connectivity index (χ4v) is 2.55. The van der Waals surface area contributed by atoms with Crippen molar-refractivity contribution in [2.24, 2.45) is 0 Å². The first-order valence-electron chi connectivity index (χ1n) is 7.99. The molecule has 1 N–H and O–H groups in total. The van der Waals surface area contributed by atoms with E-state index >= 15 is 0 Å². The monoisotopic (exact) mass is 306 g/mol. The molecule has 118 valence electrons. The topological polar surface area (TPSA) is 52.9 Å². The van der Waals surface area contributed by atoms with Crippen molar-refractivity contribution in [2.75, 3.05) is 0 Å². The van der Waals surface area contributed by atoms with Gasteiger partial charge in [0.2, 0.25) is 5.91 Å². The summed E-state index contributed by atoms with van der Waals surface area (Å²) in [5.41, 5.74) is 2.48. The average Bonchev–Trinajstić information content (AvgIpc) is 2.61. The largest absolute Gasteiger partial charge is 0.338 e. The number of carbonyl (C=O) groups is 1. The van der Waals surface area contributed by atoms with Crippen LogP contribution in [0.3, 0.4) is 0 Å². The second-order valence-corrected chi connectivity index (χ2v) is 5.69. The molecular formula is C20H22N2O. The third-order valence-corrected chi connectivity index (χ3v) is 4.23. The zero-order chi connectivity index (χ0) is 16.7. The van der Waals surface area contributed by atoms with E-state index in [1.54, 1.807) is 0 Å². The first-order valence-corrected chi connectivity index (χ1v) is 7.99. The fraction of sp³-hybridized carbons (Fsp3) is 0.300. The molecule has 0 heterocycles. The highest BCUT2D eigenvalue weighted by Gasteiger charge is 2.27. The summed E-state index contributed by atoms with van der Waals surface area (Å²) in [6.45, 7) is 3.84. The fourth-order valence-electron chi connectivity index (χ4n) is 2.55. The zero-order valence-electron chi connectivity index (χ0n) is 13.7. The van der Waals surface area contributed by atoms with Gasteiger partial charge in [0, 0.05) is 0 Å². The summed E-state index contributed by atoms with van der Waals surface area (Å²) in [5, 5.41) is 12.2. The van der Waals surface area contributed by atoms with E-state index in [9.17, 15) is 10.1 Å². The van der Waals surface area contributed by atoms with Crippen LogP contribution in [0.15, 0.2) is 54.6 Å². The first-order chi connectivity index (χ1) is 11.1. The number of nitriles is 1. The van der Waals surface area contributed by atoms with Crippen LogP contribution >= 0.6 is 0 Å². The molecule has 3 nitrogen and oxygen atoms in total. The van der Waals surface area contributed by atoms with Gasteiger partial charge >= 0.3 is 0 Å². The van der Waals surface area contributed by atoms with E-state index in [0.29, 0.717) is 19.3 Å². The first kappa shape index (κ1) is 16.8. The maximum atomic E-state index is 12.2. The number of nitrogens with one attached hydrogen (secondary N) is 1. The molecule has 1 amide bonds. The highest BCUT2D eigenvalue weighted by atomic mass is 16.1. The molecule has 0 aromatic heterocycles. The maximum absolute atomic E-state index is 12.2. The molecular weight excluding hydrogens is 284 g/mol. The van der Waals surface area contributed by atoms with Crippen molar-refractivity contribution < 1.29 is 4.79 Å². The molecule has 0 aliphatic carbocycles. The van der Waals surface area contributed by atoms with Crippen LogP contribution in [0.4, 0.5) is 0 Å². The lowest BCUT2D eigenvalue weighted by molar-refractivity contribution is -0.121. The van der Waals surface area contributed by atoms with Crippen molar-refractivity contribution in [1.29, 1.82) is 5.26 Å². The minimum absolute atomic E-state index is 0.109. The third-order valence-electron chi connectivity index (χ3n) is 4.23. The Kier molecular flexibility index (Phi) is 5.54. The Morgan fingerprint density at radius 2 is 1.57 bits per heavy atom. The van der Waals surface area contributed by atoms with E-state index in [1.165, 1.54) is 0 Å². The second kappa shape index (κ2) is 7.60. The molecule has 0 saturated heterocycles. The Morgan fingerprint density at radius 3 is 2.09 bits per heavy atom. The van der Waals surface area contributed by atoms with E-state index < -0.39 is 5.54 Å². The standard InChI is InChI=1S/C20H22N2O/c1-3-20(4-2,15-21)22-19(23)14-16-10-12-18(13-11-16)17-8-6-5-7-9-17/h5-13H,3-4,14H2,1-2H3,(H,22,23). The van der Waals surface area contributed by atoms with Crippen LogP contribution in [-0.4, -0.2) is 11.4 Å². The van der Waals surface area contributed by atoms with Crippen LogP contribution < -0.4 is 5.32 Å². The number of hydrogen-bond donors (Lipinski definition) is 1. The number of benzene rings is 2. The number of hydrogen-bond acceptors (Lipinski definition) is 2. The van der Waals surface area contributed by atoms with Crippen molar-refractivity contribution >= 4 is 5.91 Å². The van der Waals surface area contributed by atoms with Gasteiger partial charge in [-0.15, -0.1) is 0 Å². The van der Waals surface area contributed by atoms with Crippen LogP contribution in [0, 0.1) is 11.3 Å². The lowest BCUT2D eigenvalue weighted by Gasteiger charge is -2.24. The molecule has 2 rings (SSSR count). The number of amides is 1. The molecule has 3 heteroatoms. The Morgan fingerprint density at radius 1 is 1.00 bits per heavy atom. The summed E-state index contributed by atoms with van der Waals surface area (Å²) in [4.78, 5) is 12.2. The molecule has 0 atom stereocenters. The van der Waals surface area contributed by atoms with Crippen molar-refractivity contribution in [1.82, 2.24) is 5.32 Å². The molecule has 0 bridgehead atoms. The minimum Gasteiger partial charge on any atom is -0.338 e. The van der Waals surface area contributed by atoms with Gasteiger partial charge in [-0.1, -0.05) is 68.4 Å². The van der Waals surface area contributed by atoms with Crippen molar-refractivity contribution in [3.05, 3.63) is 60.2 Å². The quantitative estimate of drug-likeness (QED) is 0.873. The van der Waals surface area contributed by atoms with Gasteiger partial charge in [0.15, 0.2) is 0 Å². The van der Waals surface area contributed by atoms with Crippen LogP contribution in [0.5, 0.6) is 0 Å². The van der Waals surface area contributed by atoms with Crippen LogP contribution in [0.25, 0.3) is 11.1 Å². The summed E-state index contributed by atoms with van der Waals surface area (Å²) >= 11 is 0. The summed E-state index contributed by atoms with van der Waals surface area (Å²) in [6.07, 6.45) is 1.51. The van der Waals surface area contributed by atoms with E-state index in [-0.39, 0.29) is 5.91 Å². The van der Waals surface area contributed by atoms with Gasteiger partial charge in [-0.3, -0.25) is 4.79 Å². The van der Waals surface area contributed by atoms with Crippen LogP contribution in [0.2, 0.25) is 0 Å². The normalized spacial score (nSPS) is 10.8. The summed E-state index contributed by atoms with van der Waals surface area (Å²) in [7, 11) is 0.